The van der Waals surface area contributed by atoms with Gasteiger partial charge in [-0.2, -0.15) is 0 Å². The van der Waals surface area contributed by atoms with Gasteiger partial charge in [0.1, 0.15) is 0 Å². The van der Waals surface area contributed by atoms with Crippen LogP contribution in [0.25, 0.3) is 0 Å². The molecule has 1 aromatic rings. The van der Waals surface area contributed by atoms with E-state index in [2.05, 4.69) is 53.9 Å². The van der Waals surface area contributed by atoms with Crippen molar-refractivity contribution in [2.24, 2.45) is 0 Å². The van der Waals surface area contributed by atoms with Crippen LogP contribution in [-0.2, 0) is 0 Å². The first-order valence-electron chi connectivity index (χ1n) is 5.28. The third-order valence-corrected chi connectivity index (χ3v) is 2.31. The summed E-state index contributed by atoms with van der Waals surface area (Å²) in [4.78, 5) is 13.9. The first-order valence-corrected chi connectivity index (χ1v) is 6.07. The zero-order valence-corrected chi connectivity index (χ0v) is 11.8. The van der Waals surface area contributed by atoms with E-state index in [-0.39, 0.29) is 0 Å². The minimum atomic E-state index is 0.581. The van der Waals surface area contributed by atoms with Crippen LogP contribution in [0.3, 0.4) is 0 Å². The quantitative estimate of drug-likeness (QED) is 0.869. The van der Waals surface area contributed by atoms with Crippen LogP contribution in [0.4, 0.5) is 0 Å². The molecule has 0 radical (unpaired) electrons. The summed E-state index contributed by atoms with van der Waals surface area (Å²) in [5, 5.41) is 3.31. The van der Waals surface area contributed by atoms with E-state index in [1.807, 2.05) is 0 Å². The van der Waals surface area contributed by atoms with Gasteiger partial charge in [-0.15, -0.1) is 0 Å². The van der Waals surface area contributed by atoms with Crippen molar-refractivity contribution in [1.29, 1.82) is 0 Å². The van der Waals surface area contributed by atoms with Crippen molar-refractivity contribution in [2.75, 3.05) is 0 Å². The highest BCUT2D eigenvalue weighted by molar-refractivity contribution is 9.10. The van der Waals surface area contributed by atoms with Crippen LogP contribution in [0.15, 0.2) is 22.9 Å². The van der Waals surface area contributed by atoms with Crippen LogP contribution < -0.4 is 5.32 Å². The Morgan fingerprint density at radius 2 is 1.88 bits per heavy atom. The molecule has 0 saturated heterocycles. The molecule has 0 spiro atoms. The van der Waals surface area contributed by atoms with Crippen LogP contribution in [-0.4, -0.2) is 23.4 Å². The average Bonchev–Trinajstić information content (AvgIpc) is 2.17. The fourth-order valence-corrected chi connectivity index (χ4v) is 1.46. The van der Waals surface area contributed by atoms with Crippen molar-refractivity contribution >= 4 is 22.2 Å². The molecule has 0 amide bonds. The smallest absolute Gasteiger partial charge is 0.152 e. The molecule has 16 heavy (non-hydrogen) atoms. The van der Waals surface area contributed by atoms with Gasteiger partial charge in [-0.1, -0.05) is 27.7 Å². The zero-order valence-electron chi connectivity index (χ0n) is 10.2. The first kappa shape index (κ1) is 15.3. The second-order valence-corrected chi connectivity index (χ2v) is 4.85. The van der Waals surface area contributed by atoms with Gasteiger partial charge in [0.2, 0.25) is 0 Å². The lowest BCUT2D eigenvalue weighted by molar-refractivity contribution is 0.112. The maximum atomic E-state index is 10.2. The van der Waals surface area contributed by atoms with Crippen molar-refractivity contribution in [3.63, 3.8) is 0 Å². The summed E-state index contributed by atoms with van der Waals surface area (Å²) in [6.45, 7) is 8.61. The van der Waals surface area contributed by atoms with Crippen molar-refractivity contribution in [3.8, 4) is 0 Å². The van der Waals surface area contributed by atoms with Gasteiger partial charge in [-0.3, -0.25) is 9.78 Å². The maximum Gasteiger partial charge on any atom is 0.152 e. The van der Waals surface area contributed by atoms with Gasteiger partial charge in [0.05, 0.1) is 0 Å². The highest BCUT2D eigenvalue weighted by Gasteiger charge is 1.93. The van der Waals surface area contributed by atoms with Gasteiger partial charge in [0.25, 0.3) is 0 Å². The molecule has 3 nitrogen and oxygen atoms in total. The lowest BCUT2D eigenvalue weighted by Gasteiger charge is -2.10. The summed E-state index contributed by atoms with van der Waals surface area (Å²) in [6, 6.07) is 2.98. The third kappa shape index (κ3) is 7.54. The first-order chi connectivity index (χ1) is 7.47. The zero-order chi connectivity index (χ0) is 12.6. The van der Waals surface area contributed by atoms with Crippen LogP contribution in [0, 0.1) is 0 Å². The molecule has 1 heterocycles. The second kappa shape index (κ2) is 8.42. The predicted octanol–water partition coefficient (Wildman–Crippen LogP) is 3.05. The van der Waals surface area contributed by atoms with Crippen LogP contribution in [0.1, 0.15) is 38.1 Å². The molecule has 4 heteroatoms. The summed E-state index contributed by atoms with van der Waals surface area (Å²) in [5.41, 5.74) is 0.581. The van der Waals surface area contributed by atoms with Gasteiger partial charge in [0.15, 0.2) is 6.29 Å². The fraction of sp³-hybridized carbons (Fsp3) is 0.500. The van der Waals surface area contributed by atoms with Gasteiger partial charge < -0.3 is 5.32 Å². The Morgan fingerprint density at radius 1 is 1.31 bits per heavy atom. The van der Waals surface area contributed by atoms with Gasteiger partial charge >= 0.3 is 0 Å². The van der Waals surface area contributed by atoms with E-state index in [0.29, 0.717) is 17.6 Å². The number of aldehydes is 1. The molecular formula is C12H19BrN2O. The largest absolute Gasteiger partial charge is 0.312 e. The fourth-order valence-electron chi connectivity index (χ4n) is 1.14. The molecule has 90 valence electrons. The number of halogens is 1. The molecule has 0 aliphatic rings. The van der Waals surface area contributed by atoms with Gasteiger partial charge in [-0.25, -0.2) is 0 Å². The summed E-state index contributed by atoms with van der Waals surface area (Å²) in [7, 11) is 0. The molecule has 1 rings (SSSR count). The molecule has 0 saturated carbocycles. The minimum Gasteiger partial charge on any atom is -0.312 e. The number of nitrogens with one attached hydrogen (secondary N) is 1. The highest BCUT2D eigenvalue weighted by Crippen LogP contribution is 2.11. The Bertz CT molecular complexity index is 308. The molecule has 0 unspecified atom stereocenters. The van der Waals surface area contributed by atoms with E-state index in [9.17, 15) is 4.79 Å². The van der Waals surface area contributed by atoms with Gasteiger partial charge in [0, 0.05) is 34.5 Å². The van der Waals surface area contributed by atoms with Crippen LogP contribution >= 0.6 is 15.9 Å². The van der Waals surface area contributed by atoms with Crippen LogP contribution in [0.2, 0.25) is 0 Å². The molecule has 1 aromatic heterocycles. The summed E-state index contributed by atoms with van der Waals surface area (Å²) in [6.07, 6.45) is 3.89. The Labute approximate surface area is 106 Å². The van der Waals surface area contributed by atoms with E-state index in [0.717, 1.165) is 10.8 Å². The molecule has 0 atom stereocenters. The van der Waals surface area contributed by atoms with E-state index in [1.54, 1.807) is 12.3 Å². The number of nitrogens with zero attached hydrogens (tertiary/aromatic N) is 1. The Kier molecular flexibility index (Phi) is 8.03. The Balaban J connectivity index is 0.000000293. The normalized spacial score (nSPS) is 9.94. The number of carbonyl (C=O) groups excluding carboxylic acids is 1. The van der Waals surface area contributed by atoms with Crippen molar-refractivity contribution in [1.82, 2.24) is 10.3 Å². The lowest BCUT2D eigenvalue weighted by Crippen LogP contribution is -2.29. The number of hydrogen-bond donors (Lipinski definition) is 1. The van der Waals surface area contributed by atoms with Crippen LogP contribution in [0.5, 0.6) is 0 Å². The van der Waals surface area contributed by atoms with E-state index < -0.39 is 0 Å². The third-order valence-electron chi connectivity index (χ3n) is 1.59. The lowest BCUT2D eigenvalue weighted by atomic mass is 10.3. The highest BCUT2D eigenvalue weighted by atomic mass is 79.9. The van der Waals surface area contributed by atoms with E-state index in [1.165, 1.54) is 6.20 Å². The predicted molar refractivity (Wildman–Crippen MR) is 70.7 cm³/mol. The maximum absolute atomic E-state index is 10.2. The van der Waals surface area contributed by atoms with E-state index >= 15 is 0 Å². The molecule has 0 bridgehead atoms. The number of hydrogen-bond acceptors (Lipinski definition) is 3. The SMILES string of the molecule is CC(C)NC(C)C.O=Cc1cnccc1Br. The Morgan fingerprint density at radius 3 is 2.12 bits per heavy atom. The topological polar surface area (TPSA) is 42.0 Å². The van der Waals surface area contributed by atoms with Crippen molar-refractivity contribution in [2.45, 2.75) is 39.8 Å². The molecule has 0 fully saturated rings. The minimum absolute atomic E-state index is 0.581. The van der Waals surface area contributed by atoms with Crippen molar-refractivity contribution in [3.05, 3.63) is 28.5 Å². The van der Waals surface area contributed by atoms with E-state index in [4.69, 9.17) is 0 Å². The summed E-state index contributed by atoms with van der Waals surface area (Å²) < 4.78 is 0.785. The Hall–Kier alpha value is -0.740. The average molecular weight is 287 g/mol. The molecule has 0 aliphatic heterocycles. The summed E-state index contributed by atoms with van der Waals surface area (Å²) in [5.74, 6) is 0. The van der Waals surface area contributed by atoms with Crippen molar-refractivity contribution < 1.29 is 4.79 Å². The van der Waals surface area contributed by atoms with Gasteiger partial charge in [-0.05, 0) is 22.0 Å². The monoisotopic (exact) mass is 286 g/mol. The number of pyridine rings is 1. The standard InChI is InChI=1S/C6H4BrNO.C6H15N/c7-6-1-2-8-3-5(6)4-9;1-5(2)7-6(3)4/h1-4H;5-7H,1-4H3. The molecular weight excluding hydrogens is 268 g/mol. The molecule has 0 aromatic carbocycles. The number of aromatic nitrogens is 1. The second-order valence-electron chi connectivity index (χ2n) is 3.99. The molecule has 1 N–H and O–H groups in total. The molecule has 0 aliphatic carbocycles. The number of rotatable bonds is 3. The summed E-state index contributed by atoms with van der Waals surface area (Å²) >= 11 is 3.19. The number of carbonyl (C=O) groups is 1.